The highest BCUT2D eigenvalue weighted by Gasteiger charge is 2.68. The fourth-order valence-corrected chi connectivity index (χ4v) is 5.30. The molecule has 1 aromatic heterocycles. The summed E-state index contributed by atoms with van der Waals surface area (Å²) in [4.78, 5) is 34.3. The van der Waals surface area contributed by atoms with E-state index in [0.717, 1.165) is 23.1 Å². The molecule has 1 fully saturated rings. The van der Waals surface area contributed by atoms with E-state index in [9.17, 15) is 14.9 Å². The van der Waals surface area contributed by atoms with Crippen LogP contribution in [-0.4, -0.2) is 20.8 Å². The summed E-state index contributed by atoms with van der Waals surface area (Å²) in [6.45, 7) is 4.16. The summed E-state index contributed by atoms with van der Waals surface area (Å²) in [6, 6.07) is 13.9. The predicted octanol–water partition coefficient (Wildman–Crippen LogP) is 4.33. The minimum Gasteiger partial charge on any atom is -0.320 e. The molecule has 2 atom stereocenters. The van der Waals surface area contributed by atoms with Crippen LogP contribution in [0, 0.1) is 15.5 Å². The maximum absolute atomic E-state index is 13.7. The van der Waals surface area contributed by atoms with E-state index in [1.54, 1.807) is 18.2 Å². The summed E-state index contributed by atoms with van der Waals surface area (Å²) >= 11 is 0. The van der Waals surface area contributed by atoms with Gasteiger partial charge in [0.25, 0.3) is 5.69 Å². The number of nitrogens with zero attached hydrogens (tertiary/aromatic N) is 3. The minimum atomic E-state index is -0.867. The number of rotatable bonds is 3. The van der Waals surface area contributed by atoms with E-state index in [-0.39, 0.29) is 28.6 Å². The van der Waals surface area contributed by atoms with Crippen molar-refractivity contribution in [3.8, 4) is 0 Å². The fourth-order valence-electron chi connectivity index (χ4n) is 5.30. The Morgan fingerprint density at radius 3 is 2.48 bits per heavy atom. The lowest BCUT2D eigenvalue weighted by atomic mass is 9.67. The van der Waals surface area contributed by atoms with Gasteiger partial charge in [0, 0.05) is 12.0 Å². The van der Waals surface area contributed by atoms with E-state index in [0.29, 0.717) is 12.1 Å². The number of fused-ring (bicyclic) bond motifs is 6. The Kier molecular flexibility index (Phi) is 3.56. The highest BCUT2D eigenvalue weighted by Crippen LogP contribution is 2.67. The average molecular weight is 388 g/mol. The summed E-state index contributed by atoms with van der Waals surface area (Å²) in [5, 5.41) is 14.2. The number of nitro groups is 1. The molecule has 0 radical (unpaired) electrons. The number of aromatic nitrogens is 2. The van der Waals surface area contributed by atoms with E-state index in [4.69, 9.17) is 9.97 Å². The Bertz CT molecular complexity index is 1190. The molecule has 3 aromatic rings. The number of hydrogen-bond donors (Lipinski definition) is 1. The van der Waals surface area contributed by atoms with Gasteiger partial charge in [-0.3, -0.25) is 14.9 Å². The zero-order chi connectivity index (χ0) is 20.4. The van der Waals surface area contributed by atoms with Gasteiger partial charge in [-0.05, 0) is 36.5 Å². The number of para-hydroxylation sites is 4. The van der Waals surface area contributed by atoms with Gasteiger partial charge in [0.1, 0.15) is 5.69 Å². The molecule has 7 heteroatoms. The molecule has 0 saturated heterocycles. The van der Waals surface area contributed by atoms with Crippen molar-refractivity contribution in [1.82, 2.24) is 9.97 Å². The Hall–Kier alpha value is -3.35. The monoisotopic (exact) mass is 388 g/mol. The van der Waals surface area contributed by atoms with Crippen LogP contribution in [0.4, 0.5) is 11.4 Å². The van der Waals surface area contributed by atoms with Crippen LogP contribution >= 0.6 is 0 Å². The van der Waals surface area contributed by atoms with Crippen LogP contribution in [0.5, 0.6) is 0 Å². The summed E-state index contributed by atoms with van der Waals surface area (Å²) < 4.78 is 0. The van der Waals surface area contributed by atoms with Crippen LogP contribution in [-0.2, 0) is 10.2 Å². The van der Waals surface area contributed by atoms with Gasteiger partial charge >= 0.3 is 0 Å². The van der Waals surface area contributed by atoms with E-state index in [1.807, 2.05) is 24.3 Å². The first kappa shape index (κ1) is 17.7. The number of hydrogen-bond acceptors (Lipinski definition) is 5. The predicted molar refractivity (Wildman–Crippen MR) is 109 cm³/mol. The van der Waals surface area contributed by atoms with E-state index < -0.39 is 10.3 Å². The van der Waals surface area contributed by atoms with Crippen molar-refractivity contribution >= 4 is 28.3 Å². The Balaban J connectivity index is 1.66. The van der Waals surface area contributed by atoms with Crippen LogP contribution in [0.15, 0.2) is 48.5 Å². The van der Waals surface area contributed by atoms with Gasteiger partial charge in [-0.1, -0.05) is 38.1 Å². The highest BCUT2D eigenvalue weighted by molar-refractivity contribution is 6.02. The van der Waals surface area contributed by atoms with Crippen LogP contribution < -0.4 is 5.32 Å². The number of nitro benzene ring substituents is 1. The van der Waals surface area contributed by atoms with E-state index >= 15 is 0 Å². The topological polar surface area (TPSA) is 98.0 Å². The third-order valence-corrected chi connectivity index (χ3v) is 6.85. The molecule has 1 heterocycles. The molecule has 29 heavy (non-hydrogen) atoms. The van der Waals surface area contributed by atoms with Crippen LogP contribution in [0.25, 0.3) is 11.0 Å². The normalized spacial score (nSPS) is 23.7. The molecule has 5 rings (SSSR count). The number of amides is 1. The van der Waals surface area contributed by atoms with E-state index in [1.165, 1.54) is 6.07 Å². The van der Waals surface area contributed by atoms with Gasteiger partial charge in [-0.25, -0.2) is 9.97 Å². The van der Waals surface area contributed by atoms with Crippen molar-refractivity contribution in [2.45, 2.75) is 38.0 Å². The molecule has 1 N–H and O–H groups in total. The molecular formula is C22H20N4O3. The summed E-state index contributed by atoms with van der Waals surface area (Å²) in [7, 11) is 0. The standard InChI is InChI=1S/C22H20N4O3/c1-21(2)13-11-12-22(21,19-18(13)23-14-7-3-4-8-15(14)24-19)20(27)25-16-9-5-6-10-17(16)26(28)29/h3-10,13H,11-12H2,1-2H3,(H,25,27). The first-order valence-electron chi connectivity index (χ1n) is 9.68. The molecule has 2 aliphatic carbocycles. The van der Waals surface area contributed by atoms with Gasteiger partial charge in [-0.15, -0.1) is 0 Å². The third kappa shape index (κ3) is 2.21. The lowest BCUT2D eigenvalue weighted by molar-refractivity contribution is -0.383. The molecule has 146 valence electrons. The van der Waals surface area contributed by atoms with E-state index in [2.05, 4.69) is 19.2 Å². The molecular weight excluding hydrogens is 368 g/mol. The molecule has 2 unspecified atom stereocenters. The summed E-state index contributed by atoms with van der Waals surface area (Å²) in [5.74, 6) is -0.117. The molecule has 2 bridgehead atoms. The first-order chi connectivity index (χ1) is 13.9. The van der Waals surface area contributed by atoms with Crippen molar-refractivity contribution in [3.63, 3.8) is 0 Å². The molecule has 7 nitrogen and oxygen atoms in total. The number of nitrogens with one attached hydrogen (secondary N) is 1. The molecule has 2 aromatic carbocycles. The Labute approximate surface area is 167 Å². The molecule has 1 amide bonds. The van der Waals surface area contributed by atoms with Crippen LogP contribution in [0.1, 0.15) is 44.0 Å². The highest BCUT2D eigenvalue weighted by atomic mass is 16.6. The van der Waals surface area contributed by atoms with Crippen molar-refractivity contribution < 1.29 is 9.72 Å². The lowest BCUT2D eigenvalue weighted by Gasteiger charge is -2.36. The lowest BCUT2D eigenvalue weighted by Crippen LogP contribution is -2.46. The van der Waals surface area contributed by atoms with Crippen molar-refractivity contribution in [1.29, 1.82) is 0 Å². The van der Waals surface area contributed by atoms with Gasteiger partial charge < -0.3 is 5.32 Å². The van der Waals surface area contributed by atoms with Gasteiger partial charge in [0.15, 0.2) is 0 Å². The maximum Gasteiger partial charge on any atom is 0.292 e. The average Bonchev–Trinajstić information content (AvgIpc) is 3.08. The van der Waals surface area contributed by atoms with Gasteiger partial charge in [0.05, 0.1) is 32.8 Å². The second kappa shape index (κ2) is 5.83. The van der Waals surface area contributed by atoms with Gasteiger partial charge in [-0.2, -0.15) is 0 Å². The SMILES string of the molecule is CC1(C)C2CCC1(C(=O)Nc1ccccc1[N+](=O)[O-])c1nc3ccccc3nc12. The zero-order valence-electron chi connectivity index (χ0n) is 16.2. The first-order valence-corrected chi connectivity index (χ1v) is 9.68. The maximum atomic E-state index is 13.7. The molecule has 2 aliphatic rings. The van der Waals surface area contributed by atoms with Gasteiger partial charge in [0.2, 0.25) is 5.91 Å². The summed E-state index contributed by atoms with van der Waals surface area (Å²) in [6.07, 6.45) is 1.49. The second-order valence-electron chi connectivity index (χ2n) is 8.39. The summed E-state index contributed by atoms with van der Waals surface area (Å²) in [5.41, 5.74) is 2.02. The molecule has 0 spiro atoms. The number of carbonyl (C=O) groups excluding carboxylic acids is 1. The van der Waals surface area contributed by atoms with Crippen molar-refractivity contribution in [3.05, 3.63) is 70.0 Å². The minimum absolute atomic E-state index is 0.118. The second-order valence-corrected chi connectivity index (χ2v) is 8.39. The van der Waals surface area contributed by atoms with Crippen LogP contribution in [0.2, 0.25) is 0 Å². The van der Waals surface area contributed by atoms with Crippen molar-refractivity contribution in [2.24, 2.45) is 5.41 Å². The largest absolute Gasteiger partial charge is 0.320 e. The molecule has 0 aliphatic heterocycles. The fraction of sp³-hybridized carbons (Fsp3) is 0.318. The number of carbonyl (C=O) groups is 1. The number of anilines is 1. The molecule has 1 saturated carbocycles. The smallest absolute Gasteiger partial charge is 0.292 e. The van der Waals surface area contributed by atoms with Crippen LogP contribution in [0.3, 0.4) is 0 Å². The number of benzene rings is 2. The van der Waals surface area contributed by atoms with Crippen molar-refractivity contribution in [2.75, 3.05) is 5.32 Å². The Morgan fingerprint density at radius 2 is 1.76 bits per heavy atom. The Morgan fingerprint density at radius 1 is 1.10 bits per heavy atom. The quantitative estimate of drug-likeness (QED) is 0.532. The third-order valence-electron chi connectivity index (χ3n) is 6.85. The zero-order valence-corrected chi connectivity index (χ0v) is 16.2.